The first kappa shape index (κ1) is 19.7. The van der Waals surface area contributed by atoms with Gasteiger partial charge in [-0.25, -0.2) is 16.8 Å². The summed E-state index contributed by atoms with van der Waals surface area (Å²) in [5, 5.41) is 0.304. The Labute approximate surface area is 159 Å². The van der Waals surface area contributed by atoms with Gasteiger partial charge < -0.3 is 0 Å². The number of hydrogen-bond donors (Lipinski definition) is 0. The van der Waals surface area contributed by atoms with Crippen molar-refractivity contribution >= 4 is 43.3 Å². The van der Waals surface area contributed by atoms with Gasteiger partial charge in [-0.2, -0.15) is 3.71 Å². The zero-order valence-corrected chi connectivity index (χ0v) is 17.3. The lowest BCUT2D eigenvalue weighted by atomic mass is 10.0. The van der Waals surface area contributed by atoms with Crippen molar-refractivity contribution < 1.29 is 21.6 Å². The minimum absolute atomic E-state index is 0.0299. The van der Waals surface area contributed by atoms with E-state index in [0.29, 0.717) is 32.3 Å². The topological polar surface area (TPSA) is 88.6 Å². The molecule has 2 aliphatic carbocycles. The molecule has 1 fully saturated rings. The average Bonchev–Trinajstić information content (AvgIpc) is 2.86. The third kappa shape index (κ3) is 4.09. The van der Waals surface area contributed by atoms with Gasteiger partial charge in [0.2, 0.25) is 20.0 Å². The van der Waals surface area contributed by atoms with E-state index in [9.17, 15) is 21.6 Å². The number of Topliss-reactive ketones (excluding diaryl/α,β-unsaturated/α-hetero) is 1. The van der Waals surface area contributed by atoms with Crippen molar-refractivity contribution in [1.82, 2.24) is 0 Å². The monoisotopic (exact) mass is 417 g/mol. The second-order valence-corrected chi connectivity index (χ2v) is 12.2. The van der Waals surface area contributed by atoms with Gasteiger partial charge in [0.25, 0.3) is 0 Å². The molecule has 0 N–H and O–H groups in total. The van der Waals surface area contributed by atoms with E-state index in [2.05, 4.69) is 0 Å². The molecule has 0 spiro atoms. The van der Waals surface area contributed by atoms with Crippen molar-refractivity contribution in [2.45, 2.75) is 55.1 Å². The molecule has 9 heteroatoms. The number of benzene rings is 1. The first-order chi connectivity index (χ1) is 12.1. The molecule has 1 aromatic carbocycles. The Bertz CT molecular complexity index is 899. The summed E-state index contributed by atoms with van der Waals surface area (Å²) in [6.45, 7) is 0. The fourth-order valence-electron chi connectivity index (χ4n) is 3.66. The molecule has 0 unspecified atom stereocenters. The number of ketones is 1. The quantitative estimate of drug-likeness (QED) is 0.732. The molecule has 6 nitrogen and oxygen atoms in total. The van der Waals surface area contributed by atoms with Crippen molar-refractivity contribution in [1.29, 1.82) is 0 Å². The number of fused-ring (bicyclic) bond motifs is 1. The molecule has 0 amide bonds. The van der Waals surface area contributed by atoms with Crippen LogP contribution in [0.1, 0.15) is 54.4 Å². The predicted octanol–water partition coefficient (Wildman–Crippen LogP) is 2.97. The summed E-state index contributed by atoms with van der Waals surface area (Å²) < 4.78 is 49.5. The normalized spacial score (nSPS) is 18.8. The smallest absolute Gasteiger partial charge is 0.245 e. The van der Waals surface area contributed by atoms with Gasteiger partial charge in [0.1, 0.15) is 0 Å². The zero-order valence-electron chi connectivity index (χ0n) is 14.9. The highest BCUT2D eigenvalue weighted by Gasteiger charge is 2.33. The third-order valence-electron chi connectivity index (χ3n) is 4.75. The van der Waals surface area contributed by atoms with E-state index in [4.69, 9.17) is 0 Å². The maximum Gasteiger partial charge on any atom is 0.245 e. The Balaban J connectivity index is 2.14. The summed E-state index contributed by atoms with van der Waals surface area (Å²) >= 11 is 1.50. The van der Waals surface area contributed by atoms with Crippen LogP contribution in [0, 0.1) is 0 Å². The van der Waals surface area contributed by atoms with Crippen molar-refractivity contribution in [3.63, 3.8) is 0 Å². The Kier molecular flexibility index (Phi) is 5.43. The van der Waals surface area contributed by atoms with E-state index >= 15 is 0 Å². The number of sulfonamides is 2. The van der Waals surface area contributed by atoms with E-state index in [1.807, 2.05) is 0 Å². The molecule has 1 saturated carbocycles. The van der Waals surface area contributed by atoms with Gasteiger partial charge in [-0.3, -0.25) is 4.79 Å². The van der Waals surface area contributed by atoms with Crippen molar-refractivity contribution in [2.75, 3.05) is 16.2 Å². The molecule has 0 heterocycles. The first-order valence-electron chi connectivity index (χ1n) is 8.64. The number of rotatable bonds is 5. The molecule has 3 rings (SSSR count). The highest BCUT2D eigenvalue weighted by molar-refractivity contribution is 8.09. The van der Waals surface area contributed by atoms with Crippen LogP contribution in [0.5, 0.6) is 0 Å². The Morgan fingerprint density at radius 2 is 1.58 bits per heavy atom. The summed E-state index contributed by atoms with van der Waals surface area (Å²) in [4.78, 5) is 12.7. The average molecular weight is 418 g/mol. The number of aryl methyl sites for hydroxylation is 1. The van der Waals surface area contributed by atoms with Crippen LogP contribution in [0.15, 0.2) is 17.0 Å². The Hall–Kier alpha value is -1.06. The van der Waals surface area contributed by atoms with Gasteiger partial charge >= 0.3 is 0 Å². The molecule has 0 bridgehead atoms. The molecule has 0 saturated heterocycles. The molecule has 0 atom stereocenters. The summed E-state index contributed by atoms with van der Waals surface area (Å²) in [5.41, 5.74) is 1.46. The van der Waals surface area contributed by atoms with Crippen LogP contribution in [0.3, 0.4) is 0 Å². The van der Waals surface area contributed by atoms with Gasteiger partial charge in [0, 0.05) is 22.1 Å². The second-order valence-electron chi connectivity index (χ2n) is 7.00. The summed E-state index contributed by atoms with van der Waals surface area (Å²) in [7, 11) is -8.05. The lowest BCUT2D eigenvalue weighted by Gasteiger charge is -2.26. The van der Waals surface area contributed by atoms with E-state index < -0.39 is 20.0 Å². The lowest BCUT2D eigenvalue weighted by molar-refractivity contribution is 0.0994. The van der Waals surface area contributed by atoms with Crippen LogP contribution in [0.4, 0.5) is 5.69 Å². The van der Waals surface area contributed by atoms with Crippen molar-refractivity contribution in [2.24, 2.45) is 0 Å². The fraction of sp³-hybridized carbons (Fsp3) is 0.588. The molecule has 0 radical (unpaired) electrons. The number of carbonyl (C=O) groups excluding carboxylic acids is 1. The maximum absolute atomic E-state index is 12.3. The van der Waals surface area contributed by atoms with Gasteiger partial charge in [0.05, 0.1) is 18.2 Å². The van der Waals surface area contributed by atoms with Crippen molar-refractivity contribution in [3.05, 3.63) is 23.3 Å². The van der Waals surface area contributed by atoms with E-state index in [-0.39, 0.29) is 11.5 Å². The third-order valence-corrected chi connectivity index (χ3v) is 9.36. The minimum Gasteiger partial charge on any atom is -0.294 e. The molecular weight excluding hydrogens is 394 g/mol. The Morgan fingerprint density at radius 1 is 0.962 bits per heavy atom. The van der Waals surface area contributed by atoms with Crippen LogP contribution in [-0.4, -0.2) is 40.4 Å². The van der Waals surface area contributed by atoms with Crippen LogP contribution < -0.4 is 3.71 Å². The molecule has 2 aliphatic rings. The molecule has 1 aromatic rings. The summed E-state index contributed by atoms with van der Waals surface area (Å²) in [6, 6.07) is 3.27. The lowest BCUT2D eigenvalue weighted by Crippen LogP contribution is -2.35. The summed E-state index contributed by atoms with van der Waals surface area (Å²) in [6.07, 6.45) is 8.09. The maximum atomic E-state index is 12.3. The molecular formula is C17H23NO5S3. The molecule has 26 heavy (non-hydrogen) atoms. The molecule has 0 aromatic heterocycles. The standard InChI is InChI=1S/C17H23NO5S3/c1-25(20,21)18(26(2,22)23)15-10-12-8-9-16(19)14(12)11-17(15)24-13-6-4-3-5-7-13/h10-11,13H,3-9H2,1-2H3. The fourth-order valence-corrected chi connectivity index (χ4v) is 8.15. The van der Waals surface area contributed by atoms with Crippen LogP contribution in [0.2, 0.25) is 0 Å². The van der Waals surface area contributed by atoms with E-state index in [1.54, 1.807) is 12.1 Å². The summed E-state index contributed by atoms with van der Waals surface area (Å²) in [5.74, 6) is 0.0299. The number of hydrogen-bond acceptors (Lipinski definition) is 6. The SMILES string of the molecule is CS(=O)(=O)N(c1cc2c(cc1SC1CCCCC1)C(=O)CC2)S(C)(=O)=O. The minimum atomic E-state index is -4.02. The number of anilines is 1. The van der Waals surface area contributed by atoms with Crippen LogP contribution in [0.25, 0.3) is 0 Å². The van der Waals surface area contributed by atoms with E-state index in [1.165, 1.54) is 18.2 Å². The number of carbonyl (C=O) groups is 1. The van der Waals surface area contributed by atoms with E-state index in [0.717, 1.165) is 43.8 Å². The largest absolute Gasteiger partial charge is 0.294 e. The highest BCUT2D eigenvalue weighted by Crippen LogP contribution is 2.42. The number of thioether (sulfide) groups is 1. The second kappa shape index (κ2) is 7.16. The van der Waals surface area contributed by atoms with Gasteiger partial charge in [0.15, 0.2) is 5.78 Å². The van der Waals surface area contributed by atoms with Crippen molar-refractivity contribution in [3.8, 4) is 0 Å². The zero-order chi connectivity index (χ0) is 19.1. The molecule has 144 valence electrons. The Morgan fingerprint density at radius 3 is 2.15 bits per heavy atom. The highest BCUT2D eigenvalue weighted by atomic mass is 32.3. The predicted molar refractivity (Wildman–Crippen MR) is 104 cm³/mol. The first-order valence-corrected chi connectivity index (χ1v) is 13.2. The molecule has 0 aliphatic heterocycles. The van der Waals surface area contributed by atoms with Gasteiger partial charge in [-0.1, -0.05) is 19.3 Å². The number of nitrogens with zero attached hydrogens (tertiary/aromatic N) is 1. The van der Waals surface area contributed by atoms with Crippen LogP contribution in [-0.2, 0) is 26.5 Å². The van der Waals surface area contributed by atoms with Gasteiger partial charge in [-0.15, -0.1) is 11.8 Å². The van der Waals surface area contributed by atoms with Gasteiger partial charge in [-0.05, 0) is 37.0 Å². The van der Waals surface area contributed by atoms with Crippen LogP contribution >= 0.6 is 11.8 Å².